The molecule has 0 atom stereocenters. The molecule has 8 heteroatoms. The Morgan fingerprint density at radius 3 is 1.68 bits per heavy atom. The molecule has 0 fully saturated rings. The highest BCUT2D eigenvalue weighted by Crippen LogP contribution is 2.31. The first-order valence-electron chi connectivity index (χ1n) is 12.0. The number of methoxy groups -OCH3 is 2. The van der Waals surface area contributed by atoms with Gasteiger partial charge in [0.25, 0.3) is 11.8 Å². The lowest BCUT2D eigenvalue weighted by atomic mass is 10.1. The van der Waals surface area contributed by atoms with Gasteiger partial charge in [-0.1, -0.05) is 36.4 Å². The number of pyridine rings is 1. The van der Waals surface area contributed by atoms with E-state index in [4.69, 9.17) is 18.9 Å². The van der Waals surface area contributed by atoms with Crippen LogP contribution in [0.25, 0.3) is 0 Å². The minimum absolute atomic E-state index is 0.0179. The van der Waals surface area contributed by atoms with E-state index in [1.54, 1.807) is 50.7 Å². The molecular formula is C30H26N2O6. The van der Waals surface area contributed by atoms with Gasteiger partial charge < -0.3 is 18.9 Å². The van der Waals surface area contributed by atoms with Gasteiger partial charge in [-0.15, -0.1) is 0 Å². The van der Waals surface area contributed by atoms with Crippen LogP contribution >= 0.6 is 0 Å². The zero-order valence-electron chi connectivity index (χ0n) is 21.0. The Bertz CT molecular complexity index is 1420. The molecule has 38 heavy (non-hydrogen) atoms. The summed E-state index contributed by atoms with van der Waals surface area (Å²) in [6.45, 7) is 0.589. The smallest absolute Gasteiger partial charge is 0.261 e. The molecule has 0 saturated heterocycles. The van der Waals surface area contributed by atoms with Gasteiger partial charge in [0, 0.05) is 6.07 Å². The predicted molar refractivity (Wildman–Crippen MR) is 140 cm³/mol. The van der Waals surface area contributed by atoms with Gasteiger partial charge in [-0.25, -0.2) is 0 Å². The lowest BCUT2D eigenvalue weighted by Gasteiger charge is -2.17. The van der Waals surface area contributed by atoms with Gasteiger partial charge in [0.1, 0.15) is 24.7 Å². The van der Waals surface area contributed by atoms with Crippen LogP contribution in [0.4, 0.5) is 0 Å². The van der Waals surface area contributed by atoms with Gasteiger partial charge in [0.05, 0.1) is 43.8 Å². The van der Waals surface area contributed by atoms with Crippen LogP contribution in [0, 0.1) is 0 Å². The van der Waals surface area contributed by atoms with Crippen molar-refractivity contribution < 1.29 is 28.5 Å². The number of carbonyl (C=O) groups excluding carboxylic acids is 2. The van der Waals surface area contributed by atoms with Gasteiger partial charge in [-0.2, -0.15) is 0 Å². The number of carbonyl (C=O) groups is 2. The first-order valence-corrected chi connectivity index (χ1v) is 12.0. The van der Waals surface area contributed by atoms with Crippen LogP contribution in [0.5, 0.6) is 23.0 Å². The van der Waals surface area contributed by atoms with Crippen LogP contribution in [0.3, 0.4) is 0 Å². The van der Waals surface area contributed by atoms with Gasteiger partial charge in [0.2, 0.25) is 0 Å². The van der Waals surface area contributed by atoms with Gasteiger partial charge in [0.15, 0.2) is 11.5 Å². The van der Waals surface area contributed by atoms with Crippen molar-refractivity contribution in [3.8, 4) is 23.0 Å². The topological polar surface area (TPSA) is 87.2 Å². The largest absolute Gasteiger partial charge is 0.497 e. The molecule has 1 aliphatic rings. The predicted octanol–water partition coefficient (Wildman–Crippen LogP) is 5.05. The molecule has 2 heterocycles. The van der Waals surface area contributed by atoms with Crippen LogP contribution in [0.15, 0.2) is 85.1 Å². The van der Waals surface area contributed by atoms with E-state index in [2.05, 4.69) is 4.98 Å². The molecule has 4 aromatic rings. The summed E-state index contributed by atoms with van der Waals surface area (Å²) in [4.78, 5) is 31.3. The summed E-state index contributed by atoms with van der Waals surface area (Å²) in [6, 6.07) is 23.6. The number of fused-ring (bicyclic) bond motifs is 1. The normalized spacial score (nSPS) is 12.3. The van der Waals surface area contributed by atoms with Crippen molar-refractivity contribution in [3.05, 3.63) is 113 Å². The standard InChI is InChI=1S/C30H26N2O6/c1-35-23-11-7-20(8-12-23)18-37-27-15-22(17-32-29(33)25-5-3-4-6-26(25)30(32)34)31-16-28(27)38-19-21-9-13-24(36-2)14-10-21/h3-16H,17-19H2,1-2H3. The summed E-state index contributed by atoms with van der Waals surface area (Å²) in [6.07, 6.45) is 1.56. The van der Waals surface area contributed by atoms with E-state index in [0.717, 1.165) is 22.6 Å². The summed E-state index contributed by atoms with van der Waals surface area (Å²) < 4.78 is 22.6. The Morgan fingerprint density at radius 2 is 1.18 bits per heavy atom. The van der Waals surface area contributed by atoms with E-state index in [0.29, 0.717) is 34.9 Å². The molecule has 1 aliphatic heterocycles. The van der Waals surface area contributed by atoms with Crippen LogP contribution in [0.1, 0.15) is 37.5 Å². The number of amides is 2. The van der Waals surface area contributed by atoms with Crippen molar-refractivity contribution in [2.45, 2.75) is 19.8 Å². The minimum Gasteiger partial charge on any atom is -0.497 e. The van der Waals surface area contributed by atoms with E-state index >= 15 is 0 Å². The number of ether oxygens (including phenoxy) is 4. The van der Waals surface area contributed by atoms with Crippen molar-refractivity contribution >= 4 is 11.8 Å². The van der Waals surface area contributed by atoms with Crippen molar-refractivity contribution in [2.75, 3.05) is 14.2 Å². The Labute approximate surface area is 220 Å². The molecule has 1 aromatic heterocycles. The average molecular weight is 511 g/mol. The first-order chi connectivity index (χ1) is 18.6. The summed E-state index contributed by atoms with van der Waals surface area (Å²) in [5.41, 5.74) is 3.18. The minimum atomic E-state index is -0.340. The number of nitrogens with zero attached hydrogens (tertiary/aromatic N) is 2. The van der Waals surface area contributed by atoms with E-state index in [1.165, 1.54) is 4.90 Å². The maximum atomic E-state index is 12.8. The van der Waals surface area contributed by atoms with Crippen LogP contribution in [-0.2, 0) is 19.8 Å². The zero-order chi connectivity index (χ0) is 26.5. The van der Waals surface area contributed by atoms with E-state index < -0.39 is 0 Å². The highest BCUT2D eigenvalue weighted by Gasteiger charge is 2.35. The number of hydrogen-bond donors (Lipinski definition) is 0. The summed E-state index contributed by atoms with van der Waals surface area (Å²) >= 11 is 0. The lowest BCUT2D eigenvalue weighted by molar-refractivity contribution is 0.0640. The maximum Gasteiger partial charge on any atom is 0.261 e. The average Bonchev–Trinajstić information content (AvgIpc) is 3.21. The van der Waals surface area contributed by atoms with Gasteiger partial charge >= 0.3 is 0 Å². The molecule has 8 nitrogen and oxygen atoms in total. The third kappa shape index (κ3) is 5.29. The fourth-order valence-electron chi connectivity index (χ4n) is 4.08. The second kappa shape index (κ2) is 11.0. The Hall–Kier alpha value is -4.85. The third-order valence-corrected chi connectivity index (χ3v) is 6.19. The van der Waals surface area contributed by atoms with Gasteiger partial charge in [-0.05, 0) is 47.5 Å². The SMILES string of the molecule is COc1ccc(COc2cnc(CN3C(=O)c4ccccc4C3=O)cc2OCc2ccc(OC)cc2)cc1. The van der Waals surface area contributed by atoms with Crippen molar-refractivity contribution in [1.82, 2.24) is 9.88 Å². The first kappa shape index (κ1) is 24.8. The number of aromatic nitrogens is 1. The van der Waals surface area contributed by atoms with Crippen molar-refractivity contribution in [2.24, 2.45) is 0 Å². The van der Waals surface area contributed by atoms with E-state index in [9.17, 15) is 9.59 Å². The Kier molecular flexibility index (Phi) is 7.21. The molecule has 0 saturated carbocycles. The number of benzene rings is 3. The van der Waals surface area contributed by atoms with Crippen LogP contribution in [0.2, 0.25) is 0 Å². The molecule has 5 rings (SSSR count). The van der Waals surface area contributed by atoms with E-state index in [-0.39, 0.29) is 25.0 Å². The van der Waals surface area contributed by atoms with E-state index in [1.807, 2.05) is 48.5 Å². The number of hydrogen-bond acceptors (Lipinski definition) is 7. The summed E-state index contributed by atoms with van der Waals surface area (Å²) in [7, 11) is 3.23. The lowest BCUT2D eigenvalue weighted by Crippen LogP contribution is -2.29. The number of imide groups is 1. The Morgan fingerprint density at radius 1 is 0.684 bits per heavy atom. The number of rotatable bonds is 10. The molecule has 192 valence electrons. The Balaban J connectivity index is 1.36. The summed E-state index contributed by atoms with van der Waals surface area (Å²) in [5.74, 6) is 1.73. The second-order valence-electron chi connectivity index (χ2n) is 8.64. The van der Waals surface area contributed by atoms with Crippen molar-refractivity contribution in [1.29, 1.82) is 0 Å². The van der Waals surface area contributed by atoms with Crippen LogP contribution in [-0.4, -0.2) is 35.9 Å². The molecule has 0 spiro atoms. The second-order valence-corrected chi connectivity index (χ2v) is 8.64. The molecular weight excluding hydrogens is 484 g/mol. The summed E-state index contributed by atoms with van der Waals surface area (Å²) in [5, 5.41) is 0. The highest BCUT2D eigenvalue weighted by molar-refractivity contribution is 6.21. The quantitative estimate of drug-likeness (QED) is 0.276. The molecule has 3 aromatic carbocycles. The highest BCUT2D eigenvalue weighted by atomic mass is 16.5. The molecule has 0 N–H and O–H groups in total. The zero-order valence-corrected chi connectivity index (χ0v) is 21.0. The molecule has 0 aliphatic carbocycles. The van der Waals surface area contributed by atoms with Crippen molar-refractivity contribution in [3.63, 3.8) is 0 Å². The third-order valence-electron chi connectivity index (χ3n) is 6.19. The molecule has 2 amide bonds. The molecule has 0 radical (unpaired) electrons. The molecule has 0 unspecified atom stereocenters. The van der Waals surface area contributed by atoms with Crippen LogP contribution < -0.4 is 18.9 Å². The maximum absolute atomic E-state index is 12.8. The fourth-order valence-corrected chi connectivity index (χ4v) is 4.08. The monoisotopic (exact) mass is 510 g/mol. The molecule has 0 bridgehead atoms. The van der Waals surface area contributed by atoms with Gasteiger partial charge in [-0.3, -0.25) is 19.5 Å². The fraction of sp³-hybridized carbons (Fsp3) is 0.167.